The number of aromatic nitrogens is 4. The third-order valence-electron chi connectivity index (χ3n) is 7.25. The van der Waals surface area contributed by atoms with E-state index in [-0.39, 0.29) is 23.4 Å². The van der Waals surface area contributed by atoms with Gasteiger partial charge in [0.05, 0.1) is 17.0 Å². The Balaban J connectivity index is 1.38. The number of halogens is 4. The van der Waals surface area contributed by atoms with Crippen molar-refractivity contribution >= 4 is 33.3 Å². The lowest BCUT2D eigenvalue weighted by atomic mass is 10.1. The van der Waals surface area contributed by atoms with Crippen LogP contribution in [0.4, 0.5) is 24.8 Å². The first kappa shape index (κ1) is 28.6. The molecule has 0 aliphatic carbocycles. The summed E-state index contributed by atoms with van der Waals surface area (Å²) >= 11 is 6.60. The van der Waals surface area contributed by atoms with Gasteiger partial charge in [-0.2, -0.15) is 13.2 Å². The van der Waals surface area contributed by atoms with Crippen LogP contribution in [0.15, 0.2) is 36.9 Å². The monoisotopic (exact) mass is 598 g/mol. The molecule has 0 radical (unpaired) electrons. The number of hydrogen-bond donors (Lipinski definition) is 1. The Bertz CT molecular complexity index is 1470. The predicted molar refractivity (Wildman–Crippen MR) is 147 cm³/mol. The lowest BCUT2D eigenvalue weighted by Crippen LogP contribution is -2.44. The van der Waals surface area contributed by atoms with Gasteiger partial charge in [-0.1, -0.05) is 11.6 Å². The molecule has 2 fully saturated rings. The molecule has 0 spiro atoms. The molecule has 1 N–H and O–H groups in total. The van der Waals surface area contributed by atoms with Crippen molar-refractivity contribution in [1.82, 2.24) is 28.7 Å². The summed E-state index contributed by atoms with van der Waals surface area (Å²) in [5.74, 6) is 0.0184. The minimum atomic E-state index is -4.69. The highest BCUT2D eigenvalue weighted by molar-refractivity contribution is 7.88. The number of nitrogens with zero attached hydrogens (tertiary/aromatic N) is 7. The Hall–Kier alpha value is -2.94. The molecule has 15 heteroatoms. The van der Waals surface area contributed by atoms with Crippen LogP contribution in [0.1, 0.15) is 18.4 Å². The summed E-state index contributed by atoms with van der Waals surface area (Å²) in [6, 6.07) is 5.43. The number of rotatable bonds is 6. The molecule has 0 saturated carbocycles. The van der Waals surface area contributed by atoms with Crippen LogP contribution in [0, 0.1) is 0 Å². The molecule has 0 bridgehead atoms. The maximum absolute atomic E-state index is 13.9. The van der Waals surface area contributed by atoms with E-state index in [9.17, 15) is 21.6 Å². The van der Waals surface area contributed by atoms with Crippen LogP contribution < -0.4 is 10.2 Å². The van der Waals surface area contributed by atoms with Crippen molar-refractivity contribution in [2.24, 2.45) is 0 Å². The van der Waals surface area contributed by atoms with Gasteiger partial charge in [0, 0.05) is 63.4 Å². The number of piperazine rings is 1. The van der Waals surface area contributed by atoms with Crippen molar-refractivity contribution in [2.45, 2.75) is 25.1 Å². The molecule has 40 heavy (non-hydrogen) atoms. The second-order valence-electron chi connectivity index (χ2n) is 10.1. The highest BCUT2D eigenvalue weighted by Gasteiger charge is 2.36. The molecular formula is C25H30ClF3N8O2S. The van der Waals surface area contributed by atoms with Crippen LogP contribution in [0.5, 0.6) is 0 Å². The molecule has 10 nitrogen and oxygen atoms in total. The SMILES string of the molecule is CN1CCN(c2ccc(-n3cnc(-c4nc(NC5CCN(S(C)(=O)=O)CC5)ncc4C(F)(F)F)c3)c(Cl)c2)CC1. The number of sulfonamides is 1. The van der Waals surface area contributed by atoms with Gasteiger partial charge in [-0.3, -0.25) is 0 Å². The van der Waals surface area contributed by atoms with E-state index in [1.807, 2.05) is 18.2 Å². The highest BCUT2D eigenvalue weighted by atomic mass is 35.5. The van der Waals surface area contributed by atoms with Gasteiger partial charge >= 0.3 is 6.18 Å². The van der Waals surface area contributed by atoms with Crippen LogP contribution in [0.3, 0.4) is 0 Å². The van der Waals surface area contributed by atoms with Crippen molar-refractivity contribution < 1.29 is 21.6 Å². The number of piperidine rings is 1. The van der Waals surface area contributed by atoms with E-state index in [1.165, 1.54) is 16.8 Å². The topological polar surface area (TPSA) is 99.5 Å². The third-order valence-corrected chi connectivity index (χ3v) is 8.86. The van der Waals surface area contributed by atoms with Gasteiger partial charge in [-0.05, 0) is 38.1 Å². The smallest absolute Gasteiger partial charge is 0.369 e. The molecule has 0 amide bonds. The number of alkyl halides is 3. The highest BCUT2D eigenvalue weighted by Crippen LogP contribution is 2.36. The van der Waals surface area contributed by atoms with E-state index in [0.29, 0.717) is 36.6 Å². The van der Waals surface area contributed by atoms with E-state index in [1.54, 1.807) is 4.57 Å². The van der Waals surface area contributed by atoms with Gasteiger partial charge in [0.2, 0.25) is 16.0 Å². The van der Waals surface area contributed by atoms with Crippen molar-refractivity contribution in [3.05, 3.63) is 47.5 Å². The quantitative estimate of drug-likeness (QED) is 0.460. The van der Waals surface area contributed by atoms with E-state index in [2.05, 4.69) is 37.1 Å². The molecule has 1 aromatic carbocycles. The number of anilines is 2. The van der Waals surface area contributed by atoms with Gasteiger partial charge in [-0.25, -0.2) is 27.7 Å². The van der Waals surface area contributed by atoms with E-state index < -0.39 is 21.8 Å². The minimum absolute atomic E-state index is 0.0175. The zero-order valence-corrected chi connectivity index (χ0v) is 23.6. The van der Waals surface area contributed by atoms with Crippen molar-refractivity contribution in [3.8, 4) is 17.1 Å². The van der Waals surface area contributed by atoms with E-state index >= 15 is 0 Å². The first-order valence-electron chi connectivity index (χ1n) is 12.8. The summed E-state index contributed by atoms with van der Waals surface area (Å²) in [6.07, 6.45) is 1.02. The number of nitrogens with one attached hydrogen (secondary N) is 1. The summed E-state index contributed by atoms with van der Waals surface area (Å²) in [6.45, 7) is 4.26. The maximum atomic E-state index is 13.9. The van der Waals surface area contributed by atoms with Gasteiger partial charge in [0.15, 0.2) is 0 Å². The lowest BCUT2D eigenvalue weighted by Gasteiger charge is -2.34. The zero-order chi connectivity index (χ0) is 28.7. The Morgan fingerprint density at radius 3 is 2.38 bits per heavy atom. The van der Waals surface area contributed by atoms with Gasteiger partial charge < -0.3 is 19.7 Å². The Morgan fingerprint density at radius 1 is 1.05 bits per heavy atom. The third kappa shape index (κ3) is 6.35. The minimum Gasteiger partial charge on any atom is -0.369 e. The first-order valence-corrected chi connectivity index (χ1v) is 15.0. The Morgan fingerprint density at radius 2 is 1.75 bits per heavy atom. The summed E-state index contributed by atoms with van der Waals surface area (Å²) in [7, 11) is -1.22. The molecule has 2 aliphatic heterocycles. The largest absolute Gasteiger partial charge is 0.420 e. The average molecular weight is 599 g/mol. The van der Waals surface area contributed by atoms with Crippen LogP contribution in [0.25, 0.3) is 17.1 Å². The van der Waals surface area contributed by atoms with Crippen molar-refractivity contribution in [1.29, 1.82) is 0 Å². The van der Waals surface area contributed by atoms with Gasteiger partial charge in [-0.15, -0.1) is 0 Å². The predicted octanol–water partition coefficient (Wildman–Crippen LogP) is 3.59. The fourth-order valence-electron chi connectivity index (χ4n) is 4.91. The van der Waals surface area contributed by atoms with Crippen LogP contribution >= 0.6 is 11.6 Å². The molecule has 3 aromatic rings. The normalized spacial score (nSPS) is 18.3. The fraction of sp³-hybridized carbons (Fsp3) is 0.480. The molecule has 216 valence electrons. The summed E-state index contributed by atoms with van der Waals surface area (Å²) in [5.41, 5.74) is 0.213. The Kier molecular flexibility index (Phi) is 7.97. The maximum Gasteiger partial charge on any atom is 0.420 e. The molecule has 2 aliphatic rings. The van der Waals surface area contributed by atoms with Crippen LogP contribution in [-0.2, 0) is 16.2 Å². The molecule has 4 heterocycles. The van der Waals surface area contributed by atoms with Gasteiger partial charge in [0.25, 0.3) is 0 Å². The van der Waals surface area contributed by atoms with Gasteiger partial charge in [0.1, 0.15) is 23.3 Å². The molecule has 5 rings (SSSR count). The van der Waals surface area contributed by atoms with Crippen molar-refractivity contribution in [3.63, 3.8) is 0 Å². The van der Waals surface area contributed by atoms with E-state index in [4.69, 9.17) is 11.6 Å². The average Bonchev–Trinajstić information content (AvgIpc) is 3.38. The molecular weight excluding hydrogens is 569 g/mol. The number of hydrogen-bond acceptors (Lipinski definition) is 8. The summed E-state index contributed by atoms with van der Waals surface area (Å²) in [5, 5.41) is 3.50. The lowest BCUT2D eigenvalue weighted by molar-refractivity contribution is -0.137. The van der Waals surface area contributed by atoms with Crippen LogP contribution in [0.2, 0.25) is 5.02 Å². The number of benzene rings is 1. The summed E-state index contributed by atoms with van der Waals surface area (Å²) in [4.78, 5) is 16.8. The fourth-order valence-corrected chi connectivity index (χ4v) is 6.06. The standard InChI is InChI=1S/C25H30ClF3N8O2S/c1-34-9-11-35(12-10-34)18-3-4-22(20(26)13-18)36-15-21(31-16-36)23-19(25(27,28)29)14-30-24(33-23)32-17-5-7-37(8-6-17)40(2,38)39/h3-4,13-17H,5-12H2,1-2H3,(H,30,32,33). The number of imidazole rings is 1. The molecule has 0 atom stereocenters. The Labute approximate surface area is 235 Å². The second-order valence-corrected chi connectivity index (χ2v) is 12.5. The summed E-state index contributed by atoms with van der Waals surface area (Å²) < 4.78 is 68.1. The number of likely N-dealkylation sites (N-methyl/N-ethyl adjacent to an activating group) is 1. The molecule has 0 unspecified atom stereocenters. The molecule has 2 saturated heterocycles. The first-order chi connectivity index (χ1) is 18.9. The zero-order valence-electron chi connectivity index (χ0n) is 22.1. The van der Waals surface area contributed by atoms with Crippen molar-refractivity contribution in [2.75, 3.05) is 62.8 Å². The van der Waals surface area contributed by atoms with Crippen LogP contribution in [-0.4, -0.2) is 95.8 Å². The van der Waals surface area contributed by atoms with E-state index in [0.717, 1.165) is 44.3 Å². The molecule has 2 aromatic heterocycles. The second kappa shape index (κ2) is 11.1.